The van der Waals surface area contributed by atoms with Crippen LogP contribution < -0.4 is 10.2 Å². The van der Waals surface area contributed by atoms with Crippen molar-refractivity contribution < 1.29 is 14.4 Å². The number of amides is 3. The maximum absolute atomic E-state index is 13.7. The Labute approximate surface area is 249 Å². The van der Waals surface area contributed by atoms with Gasteiger partial charge in [-0.3, -0.25) is 28.6 Å². The summed E-state index contributed by atoms with van der Waals surface area (Å²) in [5.74, 6) is -1.27. The van der Waals surface area contributed by atoms with E-state index in [0.29, 0.717) is 27.8 Å². The number of rotatable bonds is 7. The quantitative estimate of drug-likeness (QED) is 0.301. The van der Waals surface area contributed by atoms with Crippen LogP contribution in [0.15, 0.2) is 61.1 Å². The molecule has 42 heavy (non-hydrogen) atoms. The highest BCUT2D eigenvalue weighted by Gasteiger charge is 2.39. The van der Waals surface area contributed by atoms with Crippen LogP contribution in [-0.4, -0.2) is 76.3 Å². The molecule has 15 heteroatoms. The van der Waals surface area contributed by atoms with Crippen molar-refractivity contribution in [3.63, 3.8) is 0 Å². The van der Waals surface area contributed by atoms with Crippen LogP contribution in [0.25, 0.3) is 16.6 Å². The van der Waals surface area contributed by atoms with Gasteiger partial charge in [-0.05, 0) is 42.5 Å². The lowest BCUT2D eigenvalue weighted by Gasteiger charge is -2.38. The highest BCUT2D eigenvalue weighted by molar-refractivity contribution is 6.31. The molecule has 4 heterocycles. The van der Waals surface area contributed by atoms with Crippen molar-refractivity contribution in [2.24, 2.45) is 14.1 Å². The van der Waals surface area contributed by atoms with Crippen LogP contribution >= 0.6 is 23.2 Å². The van der Waals surface area contributed by atoms with Gasteiger partial charge < -0.3 is 10.2 Å². The van der Waals surface area contributed by atoms with Gasteiger partial charge in [0.05, 0.1) is 28.8 Å². The lowest BCUT2D eigenvalue weighted by atomic mass is 10.1. The van der Waals surface area contributed by atoms with E-state index in [1.54, 1.807) is 65.1 Å². The van der Waals surface area contributed by atoms with E-state index in [4.69, 9.17) is 23.2 Å². The third kappa shape index (κ3) is 5.43. The normalized spacial score (nSPS) is 14.6. The highest BCUT2D eigenvalue weighted by Crippen LogP contribution is 2.30. The summed E-state index contributed by atoms with van der Waals surface area (Å²) in [4.78, 5) is 43.6. The van der Waals surface area contributed by atoms with E-state index in [9.17, 15) is 14.4 Å². The standard InChI is InChI=1S/C27H24Cl2N10O3/c1-35-8-7-19(32-35)11-23(27(42)30-18-4-5-20-16(9-18)12-36(2)33-20)38-15-25(40)37(14-26(38)41)22-10-17(28)3-6-21(22)39-13-24(29)31-34-39/h3-10,12-13,23H,11,14-15H2,1-2H3,(H,30,42)/t23-/m0/s1. The summed E-state index contributed by atoms with van der Waals surface area (Å²) in [7, 11) is 3.58. The van der Waals surface area contributed by atoms with Crippen LogP contribution in [0.5, 0.6) is 0 Å². The average molecular weight is 607 g/mol. The lowest BCUT2D eigenvalue weighted by molar-refractivity contribution is -0.143. The monoisotopic (exact) mass is 606 g/mol. The first-order chi connectivity index (χ1) is 20.1. The number of hydrogen-bond donors (Lipinski definition) is 1. The van der Waals surface area contributed by atoms with Gasteiger partial charge in [0.25, 0.3) is 0 Å². The molecule has 3 aromatic heterocycles. The molecule has 1 N–H and O–H groups in total. The topological polar surface area (TPSA) is 136 Å². The minimum atomic E-state index is -1.00. The summed E-state index contributed by atoms with van der Waals surface area (Å²) in [6, 6.07) is 11.0. The molecule has 3 amide bonds. The maximum Gasteiger partial charge on any atom is 0.247 e. The zero-order valence-electron chi connectivity index (χ0n) is 22.5. The molecule has 0 bridgehead atoms. The van der Waals surface area contributed by atoms with Crippen LogP contribution in [0.3, 0.4) is 0 Å². The zero-order valence-corrected chi connectivity index (χ0v) is 24.0. The first kappa shape index (κ1) is 27.4. The molecule has 6 rings (SSSR count). The number of fused-ring (bicyclic) bond motifs is 1. The van der Waals surface area contributed by atoms with Gasteiger partial charge in [-0.1, -0.05) is 28.4 Å². The van der Waals surface area contributed by atoms with E-state index in [0.717, 1.165) is 10.9 Å². The van der Waals surface area contributed by atoms with Gasteiger partial charge in [0.15, 0.2) is 5.15 Å². The molecule has 0 saturated carbocycles. The van der Waals surface area contributed by atoms with Gasteiger partial charge in [0.1, 0.15) is 19.1 Å². The second-order valence-electron chi connectivity index (χ2n) is 9.89. The Balaban J connectivity index is 1.29. The molecule has 13 nitrogen and oxygen atoms in total. The van der Waals surface area contributed by atoms with E-state index >= 15 is 0 Å². The van der Waals surface area contributed by atoms with Gasteiger partial charge in [0.2, 0.25) is 17.7 Å². The van der Waals surface area contributed by atoms with E-state index in [1.165, 1.54) is 20.7 Å². The molecule has 5 aromatic rings. The van der Waals surface area contributed by atoms with Crippen molar-refractivity contribution in [3.05, 3.63) is 76.9 Å². The molecule has 214 valence electrons. The average Bonchev–Trinajstić information content (AvgIpc) is 3.67. The molecule has 1 atom stereocenters. The van der Waals surface area contributed by atoms with Crippen molar-refractivity contribution >= 4 is 63.2 Å². The van der Waals surface area contributed by atoms with Crippen molar-refractivity contribution in [3.8, 4) is 5.69 Å². The predicted molar refractivity (Wildman–Crippen MR) is 155 cm³/mol. The van der Waals surface area contributed by atoms with Gasteiger partial charge in [0, 0.05) is 49.0 Å². The minimum absolute atomic E-state index is 0.112. The molecule has 0 spiro atoms. The van der Waals surface area contributed by atoms with E-state index in [-0.39, 0.29) is 24.7 Å². The summed E-state index contributed by atoms with van der Waals surface area (Å²) in [6.45, 7) is -0.655. The zero-order chi connectivity index (χ0) is 29.5. The minimum Gasteiger partial charge on any atom is -0.324 e. The Morgan fingerprint density at radius 1 is 0.952 bits per heavy atom. The maximum atomic E-state index is 13.7. The predicted octanol–water partition coefficient (Wildman–Crippen LogP) is 2.62. The SMILES string of the molecule is Cn1ccc(C[C@@H](C(=O)Nc2ccc3nn(C)cc3c2)N2CC(=O)N(c3cc(Cl)ccc3-n3cc(Cl)nn3)CC2=O)n1. The fourth-order valence-corrected chi connectivity index (χ4v) is 5.26. The second-order valence-corrected chi connectivity index (χ2v) is 10.7. The first-order valence-corrected chi connectivity index (χ1v) is 13.6. The number of hydrogen-bond acceptors (Lipinski definition) is 7. The molecule has 1 saturated heterocycles. The van der Waals surface area contributed by atoms with Crippen molar-refractivity contribution in [2.45, 2.75) is 12.5 Å². The summed E-state index contributed by atoms with van der Waals surface area (Å²) in [6.07, 6.45) is 5.19. The van der Waals surface area contributed by atoms with Gasteiger partial charge in [-0.2, -0.15) is 10.2 Å². The first-order valence-electron chi connectivity index (χ1n) is 12.8. The summed E-state index contributed by atoms with van der Waals surface area (Å²) in [5.41, 5.74) is 2.74. The van der Waals surface area contributed by atoms with Crippen LogP contribution in [0.4, 0.5) is 11.4 Å². The summed E-state index contributed by atoms with van der Waals surface area (Å²) < 4.78 is 4.70. The molecule has 1 aliphatic heterocycles. The molecule has 0 unspecified atom stereocenters. The number of benzene rings is 2. The molecule has 2 aromatic carbocycles. The Kier molecular flexibility index (Phi) is 7.12. The van der Waals surface area contributed by atoms with E-state index < -0.39 is 23.8 Å². The summed E-state index contributed by atoms with van der Waals surface area (Å²) in [5, 5.41) is 20.8. The number of carbonyl (C=O) groups is 3. The van der Waals surface area contributed by atoms with Gasteiger partial charge in [-0.15, -0.1) is 5.10 Å². The van der Waals surface area contributed by atoms with Crippen LogP contribution in [0, 0.1) is 0 Å². The number of anilines is 2. The number of carbonyl (C=O) groups excluding carboxylic acids is 3. The molecule has 0 radical (unpaired) electrons. The van der Waals surface area contributed by atoms with Crippen molar-refractivity contribution in [1.82, 2.24) is 39.5 Å². The number of aryl methyl sites for hydroxylation is 2. The molecular weight excluding hydrogens is 583 g/mol. The fraction of sp³-hybridized carbons (Fsp3) is 0.222. The second kappa shape index (κ2) is 10.9. The van der Waals surface area contributed by atoms with Crippen molar-refractivity contribution in [2.75, 3.05) is 23.3 Å². The Bertz CT molecular complexity index is 1840. The Morgan fingerprint density at radius 3 is 2.52 bits per heavy atom. The largest absolute Gasteiger partial charge is 0.324 e. The number of nitrogens with one attached hydrogen (secondary N) is 1. The number of piperazine rings is 1. The van der Waals surface area contributed by atoms with Crippen LogP contribution in [0.1, 0.15) is 5.69 Å². The van der Waals surface area contributed by atoms with Crippen LogP contribution in [0.2, 0.25) is 10.2 Å². The van der Waals surface area contributed by atoms with Crippen molar-refractivity contribution in [1.29, 1.82) is 0 Å². The molecule has 1 fully saturated rings. The Morgan fingerprint density at radius 2 is 1.79 bits per heavy atom. The number of nitrogens with zero attached hydrogens (tertiary/aromatic N) is 9. The van der Waals surface area contributed by atoms with Gasteiger partial charge in [-0.25, -0.2) is 4.68 Å². The lowest BCUT2D eigenvalue weighted by Crippen LogP contribution is -2.60. The molecule has 0 aliphatic carbocycles. The third-order valence-electron chi connectivity index (χ3n) is 6.90. The van der Waals surface area contributed by atoms with E-state index in [1.807, 2.05) is 13.2 Å². The third-order valence-corrected chi connectivity index (χ3v) is 7.31. The van der Waals surface area contributed by atoms with Gasteiger partial charge >= 0.3 is 0 Å². The fourth-order valence-electron chi connectivity index (χ4n) is 4.97. The Hall–Kier alpha value is -4.75. The smallest absolute Gasteiger partial charge is 0.247 e. The molecule has 1 aliphatic rings. The summed E-state index contributed by atoms with van der Waals surface area (Å²) >= 11 is 12.2. The van der Waals surface area contributed by atoms with E-state index in [2.05, 4.69) is 25.8 Å². The molecular formula is C27H24Cl2N10O3. The number of halogens is 2. The van der Waals surface area contributed by atoms with Crippen LogP contribution in [-0.2, 0) is 34.9 Å². The number of aromatic nitrogens is 7. The highest BCUT2D eigenvalue weighted by atomic mass is 35.5.